The summed E-state index contributed by atoms with van der Waals surface area (Å²) < 4.78 is 11.8. The number of aromatic nitrogens is 1. The van der Waals surface area contributed by atoms with E-state index < -0.39 is 0 Å². The molecule has 0 radical (unpaired) electrons. The number of hydrogen-bond donors (Lipinski definition) is 1. The summed E-state index contributed by atoms with van der Waals surface area (Å²) in [6, 6.07) is 7.97. The molecule has 2 heterocycles. The lowest BCUT2D eigenvalue weighted by molar-refractivity contribution is -0.126. The van der Waals surface area contributed by atoms with Crippen molar-refractivity contribution in [3.05, 3.63) is 29.3 Å². The Hall–Kier alpha value is -1.50. The van der Waals surface area contributed by atoms with E-state index >= 15 is 0 Å². The van der Waals surface area contributed by atoms with Crippen LogP contribution in [0.2, 0.25) is 0 Å². The molecule has 6 heteroatoms. The number of carbonyl (C=O) groups excluding carboxylic acids is 1. The van der Waals surface area contributed by atoms with Crippen molar-refractivity contribution in [1.29, 1.82) is 0 Å². The maximum Gasteiger partial charge on any atom is 0.246 e. The lowest BCUT2D eigenvalue weighted by Gasteiger charge is -2.09. The first-order chi connectivity index (χ1) is 10.3. The van der Waals surface area contributed by atoms with Gasteiger partial charge in [0.05, 0.1) is 23.4 Å². The van der Waals surface area contributed by atoms with Crippen LogP contribution >= 0.6 is 11.3 Å². The van der Waals surface area contributed by atoms with Gasteiger partial charge >= 0.3 is 0 Å². The number of amides is 1. The molecular weight excluding hydrogens is 288 g/mol. The maximum absolute atomic E-state index is 11.7. The summed E-state index contributed by atoms with van der Waals surface area (Å²) in [7, 11) is 0. The molecule has 1 fully saturated rings. The molecule has 1 N–H and O–H groups in total. The second kappa shape index (κ2) is 6.98. The van der Waals surface area contributed by atoms with Gasteiger partial charge in [-0.3, -0.25) is 4.79 Å². The summed E-state index contributed by atoms with van der Waals surface area (Å²) in [6.07, 6.45) is 1.02. The van der Waals surface area contributed by atoms with Gasteiger partial charge in [0.2, 0.25) is 5.91 Å². The van der Waals surface area contributed by atoms with Crippen LogP contribution in [0.5, 0.6) is 0 Å². The van der Waals surface area contributed by atoms with Gasteiger partial charge in [-0.15, -0.1) is 11.3 Å². The largest absolute Gasteiger partial charge is 0.381 e. The third kappa shape index (κ3) is 4.00. The van der Waals surface area contributed by atoms with Crippen LogP contribution in [0.4, 0.5) is 0 Å². The quantitative estimate of drug-likeness (QED) is 0.886. The monoisotopic (exact) mass is 306 g/mol. The standard InChI is InChI=1S/C15H18N2O3S/c18-14(16-7-11-5-6-19-8-11)9-20-10-15-17-12-3-1-2-4-13(12)21-15/h1-4,11H,5-10H2,(H,16,18)/t11-/m0/s1. The zero-order valence-corrected chi connectivity index (χ0v) is 12.5. The Morgan fingerprint density at radius 2 is 2.38 bits per heavy atom. The Balaban J connectivity index is 1.39. The van der Waals surface area contributed by atoms with Gasteiger partial charge in [0, 0.05) is 19.1 Å². The van der Waals surface area contributed by atoms with E-state index in [1.54, 1.807) is 11.3 Å². The summed E-state index contributed by atoms with van der Waals surface area (Å²) in [5.41, 5.74) is 0.979. The van der Waals surface area contributed by atoms with Crippen molar-refractivity contribution in [2.24, 2.45) is 5.92 Å². The van der Waals surface area contributed by atoms with E-state index in [1.807, 2.05) is 24.3 Å². The van der Waals surface area contributed by atoms with Gasteiger partial charge in [0.1, 0.15) is 11.6 Å². The average molecular weight is 306 g/mol. The number of fused-ring (bicyclic) bond motifs is 1. The molecule has 1 atom stereocenters. The number of ether oxygens (including phenoxy) is 2. The SMILES string of the molecule is O=C(COCc1nc2ccccc2s1)NC[C@@H]1CCOC1. The normalized spacial score (nSPS) is 18.2. The molecule has 0 unspecified atom stereocenters. The number of para-hydroxylation sites is 1. The number of benzene rings is 1. The molecule has 1 aromatic carbocycles. The number of nitrogens with one attached hydrogen (secondary N) is 1. The lowest BCUT2D eigenvalue weighted by Crippen LogP contribution is -2.32. The molecule has 1 aromatic heterocycles. The molecule has 5 nitrogen and oxygen atoms in total. The molecule has 1 saturated heterocycles. The third-order valence-corrected chi connectivity index (χ3v) is 4.42. The first-order valence-electron chi connectivity index (χ1n) is 7.08. The molecular formula is C15H18N2O3S. The lowest BCUT2D eigenvalue weighted by atomic mass is 10.1. The van der Waals surface area contributed by atoms with Gasteiger partial charge in [-0.25, -0.2) is 4.98 Å². The molecule has 0 spiro atoms. The minimum atomic E-state index is -0.0805. The van der Waals surface area contributed by atoms with Gasteiger partial charge < -0.3 is 14.8 Å². The predicted molar refractivity (Wildman–Crippen MR) is 81.2 cm³/mol. The molecule has 112 valence electrons. The fourth-order valence-electron chi connectivity index (χ4n) is 2.27. The van der Waals surface area contributed by atoms with Gasteiger partial charge in [-0.05, 0) is 18.6 Å². The van der Waals surface area contributed by atoms with Gasteiger partial charge in [0.25, 0.3) is 0 Å². The fourth-order valence-corrected chi connectivity index (χ4v) is 3.17. The molecule has 0 saturated carbocycles. The highest BCUT2D eigenvalue weighted by atomic mass is 32.1. The van der Waals surface area contributed by atoms with Crippen molar-refractivity contribution < 1.29 is 14.3 Å². The Labute approximate surface area is 127 Å². The van der Waals surface area contributed by atoms with Crippen LogP contribution in [0.3, 0.4) is 0 Å². The molecule has 3 rings (SSSR count). The van der Waals surface area contributed by atoms with Gasteiger partial charge in [-0.2, -0.15) is 0 Å². The number of rotatable bonds is 6. The smallest absolute Gasteiger partial charge is 0.246 e. The Bertz CT molecular complexity index is 575. The zero-order chi connectivity index (χ0) is 14.5. The van der Waals surface area contributed by atoms with E-state index in [-0.39, 0.29) is 12.5 Å². The van der Waals surface area contributed by atoms with E-state index in [2.05, 4.69) is 10.3 Å². The van der Waals surface area contributed by atoms with Gasteiger partial charge in [-0.1, -0.05) is 12.1 Å². The van der Waals surface area contributed by atoms with Crippen LogP contribution < -0.4 is 5.32 Å². The minimum Gasteiger partial charge on any atom is -0.381 e. The number of hydrogen-bond acceptors (Lipinski definition) is 5. The van der Waals surface area contributed by atoms with Crippen molar-refractivity contribution in [3.8, 4) is 0 Å². The Kier molecular flexibility index (Phi) is 4.80. The highest BCUT2D eigenvalue weighted by Crippen LogP contribution is 2.21. The first kappa shape index (κ1) is 14.4. The van der Waals surface area contributed by atoms with E-state index in [9.17, 15) is 4.79 Å². The van der Waals surface area contributed by atoms with Gasteiger partial charge in [0.15, 0.2) is 0 Å². The predicted octanol–water partition coefficient (Wildman–Crippen LogP) is 1.97. The summed E-state index contributed by atoms with van der Waals surface area (Å²) in [5, 5.41) is 3.77. The van der Waals surface area contributed by atoms with Crippen LogP contribution in [0.1, 0.15) is 11.4 Å². The number of carbonyl (C=O) groups is 1. The summed E-state index contributed by atoms with van der Waals surface area (Å²) in [4.78, 5) is 16.1. The molecule has 1 amide bonds. The topological polar surface area (TPSA) is 60.5 Å². The van der Waals surface area contributed by atoms with E-state index in [4.69, 9.17) is 9.47 Å². The third-order valence-electron chi connectivity index (χ3n) is 3.41. The van der Waals surface area contributed by atoms with Crippen LogP contribution in [0, 0.1) is 5.92 Å². The van der Waals surface area contributed by atoms with Crippen molar-refractivity contribution in [2.75, 3.05) is 26.4 Å². The highest BCUT2D eigenvalue weighted by molar-refractivity contribution is 7.18. The van der Waals surface area contributed by atoms with Crippen LogP contribution in [-0.2, 0) is 20.9 Å². The second-order valence-electron chi connectivity index (χ2n) is 5.10. The van der Waals surface area contributed by atoms with Crippen molar-refractivity contribution >= 4 is 27.5 Å². The highest BCUT2D eigenvalue weighted by Gasteiger charge is 2.16. The van der Waals surface area contributed by atoms with E-state index in [0.29, 0.717) is 19.1 Å². The van der Waals surface area contributed by atoms with E-state index in [1.165, 1.54) is 0 Å². The maximum atomic E-state index is 11.7. The first-order valence-corrected chi connectivity index (χ1v) is 7.89. The van der Waals surface area contributed by atoms with Crippen molar-refractivity contribution in [3.63, 3.8) is 0 Å². The fraction of sp³-hybridized carbons (Fsp3) is 0.467. The summed E-state index contributed by atoms with van der Waals surface area (Å²) in [6.45, 7) is 2.66. The molecule has 21 heavy (non-hydrogen) atoms. The van der Waals surface area contributed by atoms with Crippen molar-refractivity contribution in [1.82, 2.24) is 10.3 Å². The molecule has 1 aliphatic rings. The minimum absolute atomic E-state index is 0.0729. The van der Waals surface area contributed by atoms with E-state index in [0.717, 1.165) is 34.9 Å². The summed E-state index contributed by atoms with van der Waals surface area (Å²) in [5.74, 6) is 0.362. The molecule has 1 aliphatic heterocycles. The Morgan fingerprint density at radius 3 is 3.19 bits per heavy atom. The molecule has 0 bridgehead atoms. The molecule has 2 aromatic rings. The van der Waals surface area contributed by atoms with Crippen LogP contribution in [-0.4, -0.2) is 37.3 Å². The van der Waals surface area contributed by atoms with Crippen LogP contribution in [0.25, 0.3) is 10.2 Å². The Morgan fingerprint density at radius 1 is 1.48 bits per heavy atom. The summed E-state index contributed by atoms with van der Waals surface area (Å²) >= 11 is 1.60. The molecule has 0 aliphatic carbocycles. The van der Waals surface area contributed by atoms with Crippen LogP contribution in [0.15, 0.2) is 24.3 Å². The number of thiazole rings is 1. The van der Waals surface area contributed by atoms with Crippen molar-refractivity contribution in [2.45, 2.75) is 13.0 Å². The zero-order valence-electron chi connectivity index (χ0n) is 11.7. The second-order valence-corrected chi connectivity index (χ2v) is 6.22. The average Bonchev–Trinajstić information content (AvgIpc) is 3.14. The number of nitrogens with zero attached hydrogens (tertiary/aromatic N) is 1.